The molecule has 0 radical (unpaired) electrons. The number of benzene rings is 3. The number of carbonyl (C=O) groups is 6. The Labute approximate surface area is 325 Å². The molecule has 12 nitrogen and oxygen atoms in total. The number of thiophene rings is 1. The molecule has 3 heterocycles. The summed E-state index contributed by atoms with van der Waals surface area (Å²) in [5.74, 6) is -4.21. The van der Waals surface area contributed by atoms with Gasteiger partial charge in [0.05, 0.1) is 6.54 Å². The first-order chi connectivity index (χ1) is 26.2. The average Bonchev–Trinajstić information content (AvgIpc) is 3.66. The fraction of sp³-hybridized carbons (Fsp3) is 0.333. The lowest BCUT2D eigenvalue weighted by Crippen LogP contribution is -2.55. The SMILES string of the molecule is Cc1ccc(C(C)(C)C)cc1.O=C1CCC(=O)N[C@H](Cc2cccs2)C(=O)NCC(=O)N[C@H](Cc2ccccc2)C(=O)N[C@H](C(=O)O)Cc2ccc(cc2)N1. The highest BCUT2D eigenvalue weighted by atomic mass is 32.1. The maximum atomic E-state index is 13.3. The van der Waals surface area contributed by atoms with Crippen LogP contribution in [-0.2, 0) is 53.4 Å². The zero-order valence-electron chi connectivity index (χ0n) is 31.5. The standard InChI is InChI=1S/C31H33N5O7S.C11H16/c37-26-12-13-27(38)34-24(17-22-7-4-14-44-22)29(40)32-18-28(39)35-23(15-19-5-2-1-3-6-19)30(41)36-25(31(42)43)16-20-8-10-21(33-26)11-9-20;1-9-5-7-10(8-6-9)11(2,3)4/h1-11,14,23-25H,12-13,15-18H2,(H,32,40)(H,33,37)(H,34,38)(H,35,39)(H,36,41)(H,42,43);5-8H,1-4H3/t23-,24-,25+;/m1./s1. The highest BCUT2D eigenvalue weighted by molar-refractivity contribution is 7.09. The summed E-state index contributed by atoms with van der Waals surface area (Å²) in [5.41, 5.74) is 4.78. The third-order valence-electron chi connectivity index (χ3n) is 8.78. The lowest BCUT2D eigenvalue weighted by Gasteiger charge is -2.22. The van der Waals surface area contributed by atoms with Gasteiger partial charge in [0.15, 0.2) is 0 Å². The summed E-state index contributed by atoms with van der Waals surface area (Å²) in [5, 5.41) is 24.7. The maximum Gasteiger partial charge on any atom is 0.326 e. The van der Waals surface area contributed by atoms with Crippen molar-refractivity contribution in [1.29, 1.82) is 0 Å². The fourth-order valence-corrected chi connectivity index (χ4v) is 6.39. The molecule has 6 rings (SSSR count). The van der Waals surface area contributed by atoms with Crippen molar-refractivity contribution >= 4 is 52.5 Å². The van der Waals surface area contributed by atoms with E-state index in [4.69, 9.17) is 0 Å². The van der Waals surface area contributed by atoms with Crippen LogP contribution in [0.25, 0.3) is 0 Å². The summed E-state index contributed by atoms with van der Waals surface area (Å²) in [6.07, 6.45) is -0.120. The van der Waals surface area contributed by atoms with E-state index in [1.165, 1.54) is 22.5 Å². The Morgan fingerprint density at radius 3 is 1.98 bits per heavy atom. The molecule has 0 spiro atoms. The van der Waals surface area contributed by atoms with E-state index < -0.39 is 60.2 Å². The Morgan fingerprint density at radius 1 is 0.727 bits per heavy atom. The molecule has 55 heavy (non-hydrogen) atoms. The quantitative estimate of drug-likeness (QED) is 0.162. The molecule has 3 aromatic carbocycles. The lowest BCUT2D eigenvalue weighted by atomic mass is 9.87. The molecule has 0 saturated carbocycles. The Morgan fingerprint density at radius 2 is 1.36 bits per heavy atom. The first kappa shape index (κ1) is 41.9. The zero-order chi connectivity index (χ0) is 40.0. The van der Waals surface area contributed by atoms with Gasteiger partial charge in [0.25, 0.3) is 0 Å². The molecule has 13 heteroatoms. The van der Waals surface area contributed by atoms with Gasteiger partial charge in [-0.15, -0.1) is 11.3 Å². The lowest BCUT2D eigenvalue weighted by molar-refractivity contribution is -0.142. The van der Waals surface area contributed by atoms with Gasteiger partial charge < -0.3 is 31.7 Å². The number of hydrogen-bond acceptors (Lipinski definition) is 7. The number of rotatable bonds is 5. The molecule has 6 N–H and O–H groups in total. The molecule has 0 saturated heterocycles. The van der Waals surface area contributed by atoms with Gasteiger partial charge in [-0.05, 0) is 52.6 Å². The number of fused-ring (bicyclic) bond motifs is 18. The van der Waals surface area contributed by atoms with Gasteiger partial charge in [-0.2, -0.15) is 0 Å². The Bertz CT molecular complexity index is 1910. The van der Waals surface area contributed by atoms with Crippen LogP contribution in [0.15, 0.2) is 96.4 Å². The van der Waals surface area contributed by atoms with Crippen LogP contribution in [0.1, 0.15) is 60.7 Å². The molecular formula is C42H49N5O7S. The van der Waals surface area contributed by atoms with E-state index >= 15 is 0 Å². The van der Waals surface area contributed by atoms with Gasteiger partial charge in [-0.25, -0.2) is 4.79 Å². The van der Waals surface area contributed by atoms with Crippen molar-refractivity contribution in [2.75, 3.05) is 11.9 Å². The highest BCUT2D eigenvalue weighted by Gasteiger charge is 2.28. The number of anilines is 1. The molecule has 4 aromatic rings. The van der Waals surface area contributed by atoms with Crippen molar-refractivity contribution in [1.82, 2.24) is 21.3 Å². The topological polar surface area (TPSA) is 183 Å². The van der Waals surface area contributed by atoms with Crippen LogP contribution in [0.3, 0.4) is 0 Å². The average molecular weight is 768 g/mol. The van der Waals surface area contributed by atoms with Crippen molar-refractivity contribution in [2.45, 2.75) is 83.3 Å². The predicted molar refractivity (Wildman–Crippen MR) is 212 cm³/mol. The molecule has 2 aliphatic heterocycles. The van der Waals surface area contributed by atoms with Crippen LogP contribution in [0.5, 0.6) is 0 Å². The minimum Gasteiger partial charge on any atom is -0.480 e. The van der Waals surface area contributed by atoms with Crippen LogP contribution < -0.4 is 26.6 Å². The molecule has 2 bridgehead atoms. The second kappa shape index (κ2) is 20.0. The summed E-state index contributed by atoms with van der Waals surface area (Å²) >= 11 is 1.40. The van der Waals surface area contributed by atoms with E-state index in [9.17, 15) is 33.9 Å². The van der Waals surface area contributed by atoms with E-state index in [1.807, 2.05) is 17.5 Å². The van der Waals surface area contributed by atoms with Gasteiger partial charge in [0.1, 0.15) is 18.1 Å². The van der Waals surface area contributed by atoms with Crippen molar-refractivity contribution in [3.05, 3.63) is 124 Å². The summed E-state index contributed by atoms with van der Waals surface area (Å²) < 4.78 is 0. The summed E-state index contributed by atoms with van der Waals surface area (Å²) in [7, 11) is 0. The second-order valence-corrected chi connectivity index (χ2v) is 15.4. The maximum absolute atomic E-state index is 13.3. The first-order valence-electron chi connectivity index (χ1n) is 18.1. The number of hydrogen-bond donors (Lipinski definition) is 6. The molecule has 3 atom stereocenters. The number of amides is 5. The van der Waals surface area contributed by atoms with Gasteiger partial charge in [-0.1, -0.05) is 99.1 Å². The predicted octanol–water partition coefficient (Wildman–Crippen LogP) is 4.46. The Hall–Kier alpha value is -5.82. The number of aryl methyl sites for hydroxylation is 1. The first-order valence-corrected chi connectivity index (χ1v) is 19.0. The molecule has 1 aromatic heterocycles. The zero-order valence-corrected chi connectivity index (χ0v) is 32.3. The van der Waals surface area contributed by atoms with E-state index in [1.54, 1.807) is 54.6 Å². The molecule has 2 aliphatic rings. The largest absolute Gasteiger partial charge is 0.480 e. The summed E-state index contributed by atoms with van der Waals surface area (Å²) in [4.78, 5) is 77.5. The number of carboxylic acids is 1. The second-order valence-electron chi connectivity index (χ2n) is 14.4. The van der Waals surface area contributed by atoms with Crippen molar-refractivity contribution in [3.8, 4) is 0 Å². The minimum absolute atomic E-state index is 0.0524. The summed E-state index contributed by atoms with van der Waals surface area (Å²) in [6.45, 7) is 8.32. The van der Waals surface area contributed by atoms with Crippen LogP contribution >= 0.6 is 11.3 Å². The number of aliphatic carboxylic acids is 1. The molecule has 0 unspecified atom stereocenters. The van der Waals surface area contributed by atoms with Crippen molar-refractivity contribution < 1.29 is 33.9 Å². The molecule has 5 amide bonds. The van der Waals surface area contributed by atoms with Crippen LogP contribution in [0.4, 0.5) is 5.69 Å². The van der Waals surface area contributed by atoms with E-state index in [-0.39, 0.29) is 37.5 Å². The van der Waals surface area contributed by atoms with Crippen LogP contribution in [-0.4, -0.2) is 65.3 Å². The van der Waals surface area contributed by atoms with Gasteiger partial charge in [-0.3, -0.25) is 24.0 Å². The third-order valence-corrected chi connectivity index (χ3v) is 9.68. The van der Waals surface area contributed by atoms with E-state index in [2.05, 4.69) is 78.5 Å². The fourth-order valence-electron chi connectivity index (χ4n) is 5.64. The molecule has 0 aliphatic carbocycles. The highest BCUT2D eigenvalue weighted by Crippen LogP contribution is 2.22. The molecule has 0 fully saturated rings. The molecular weight excluding hydrogens is 719 g/mol. The van der Waals surface area contributed by atoms with Crippen molar-refractivity contribution in [3.63, 3.8) is 0 Å². The van der Waals surface area contributed by atoms with Gasteiger partial charge in [0, 0.05) is 42.7 Å². The van der Waals surface area contributed by atoms with Crippen LogP contribution in [0, 0.1) is 6.92 Å². The Kier molecular flexibility index (Phi) is 15.3. The summed E-state index contributed by atoms with van der Waals surface area (Å²) in [6, 6.07) is 24.2. The third kappa shape index (κ3) is 14.2. The van der Waals surface area contributed by atoms with E-state index in [0.29, 0.717) is 11.3 Å². The van der Waals surface area contributed by atoms with Gasteiger partial charge >= 0.3 is 5.97 Å². The van der Waals surface area contributed by atoms with Crippen LogP contribution in [0.2, 0.25) is 0 Å². The number of nitrogens with one attached hydrogen (secondary N) is 5. The Balaban J connectivity index is 0.000000525. The van der Waals surface area contributed by atoms with Gasteiger partial charge in [0.2, 0.25) is 29.5 Å². The van der Waals surface area contributed by atoms with Crippen molar-refractivity contribution in [2.24, 2.45) is 0 Å². The smallest absolute Gasteiger partial charge is 0.326 e. The van der Waals surface area contributed by atoms with E-state index in [0.717, 1.165) is 10.4 Å². The normalized spacial score (nSPS) is 18.9. The minimum atomic E-state index is -1.30. The molecule has 290 valence electrons. The number of carboxylic acid groups (broad SMARTS) is 1. The monoisotopic (exact) mass is 767 g/mol. The number of carbonyl (C=O) groups excluding carboxylic acids is 5.